The molecule has 0 radical (unpaired) electrons. The summed E-state index contributed by atoms with van der Waals surface area (Å²) in [4.78, 5) is 15.0. The van der Waals surface area contributed by atoms with E-state index in [4.69, 9.17) is 4.74 Å². The van der Waals surface area contributed by atoms with E-state index < -0.39 is 0 Å². The van der Waals surface area contributed by atoms with E-state index in [-0.39, 0.29) is 11.4 Å². The summed E-state index contributed by atoms with van der Waals surface area (Å²) in [7, 11) is 0. The molecule has 1 aromatic rings. The number of thioether (sulfide) groups is 1. The number of morpholine rings is 1. The van der Waals surface area contributed by atoms with Crippen LogP contribution in [0.5, 0.6) is 0 Å². The monoisotopic (exact) mass is 348 g/mol. The first-order chi connectivity index (χ1) is 11.7. The Kier molecular flexibility index (Phi) is 6.19. The Labute approximate surface area is 149 Å². The molecule has 3 rings (SSSR count). The van der Waals surface area contributed by atoms with E-state index in [9.17, 15) is 4.79 Å². The van der Waals surface area contributed by atoms with Crippen molar-refractivity contribution in [3.63, 3.8) is 0 Å². The standard InChI is InChI=1S/C19H28N2O2S/c1-16-3-2-4-17(13-16)14-18(22)20-15-19(5-11-24-12-6-19)21-7-9-23-10-8-21/h2-4,13H,5-12,14-15H2,1H3,(H,20,22). The summed E-state index contributed by atoms with van der Waals surface area (Å²) < 4.78 is 5.52. The van der Waals surface area contributed by atoms with Crippen LogP contribution < -0.4 is 5.32 Å². The predicted molar refractivity (Wildman–Crippen MR) is 99.6 cm³/mol. The number of benzene rings is 1. The normalized spacial score (nSPS) is 21.4. The van der Waals surface area contributed by atoms with Crippen LogP contribution >= 0.6 is 11.8 Å². The van der Waals surface area contributed by atoms with Crippen LogP contribution in [0.1, 0.15) is 24.0 Å². The van der Waals surface area contributed by atoms with E-state index >= 15 is 0 Å². The van der Waals surface area contributed by atoms with Crippen molar-refractivity contribution >= 4 is 17.7 Å². The highest BCUT2D eigenvalue weighted by Gasteiger charge is 2.39. The Morgan fingerprint density at radius 3 is 2.75 bits per heavy atom. The number of carbonyl (C=O) groups is 1. The van der Waals surface area contributed by atoms with Gasteiger partial charge in [-0.2, -0.15) is 11.8 Å². The molecule has 4 nitrogen and oxygen atoms in total. The smallest absolute Gasteiger partial charge is 0.224 e. The largest absolute Gasteiger partial charge is 0.379 e. The molecule has 1 N–H and O–H groups in total. The van der Waals surface area contributed by atoms with Gasteiger partial charge >= 0.3 is 0 Å². The highest BCUT2D eigenvalue weighted by atomic mass is 32.2. The molecule has 2 heterocycles. The fourth-order valence-electron chi connectivity index (χ4n) is 3.73. The maximum atomic E-state index is 12.4. The van der Waals surface area contributed by atoms with Crippen molar-refractivity contribution in [2.75, 3.05) is 44.4 Å². The van der Waals surface area contributed by atoms with Crippen molar-refractivity contribution in [1.82, 2.24) is 10.2 Å². The minimum Gasteiger partial charge on any atom is -0.379 e. The van der Waals surface area contributed by atoms with Gasteiger partial charge in [-0.05, 0) is 36.8 Å². The Morgan fingerprint density at radius 1 is 1.29 bits per heavy atom. The van der Waals surface area contributed by atoms with Crippen LogP contribution in [-0.2, 0) is 16.0 Å². The lowest BCUT2D eigenvalue weighted by atomic mass is 9.89. The SMILES string of the molecule is Cc1cccc(CC(=O)NCC2(N3CCOCC3)CCSCC2)c1. The predicted octanol–water partition coefficient (Wildman–Crippen LogP) is 2.25. The molecule has 2 saturated heterocycles. The molecule has 0 aliphatic carbocycles. The molecule has 132 valence electrons. The molecule has 0 atom stereocenters. The molecule has 0 bridgehead atoms. The van der Waals surface area contributed by atoms with Crippen molar-refractivity contribution < 1.29 is 9.53 Å². The third-order valence-corrected chi connectivity index (χ3v) is 6.15. The first kappa shape index (κ1) is 17.8. The van der Waals surface area contributed by atoms with E-state index in [0.29, 0.717) is 6.42 Å². The van der Waals surface area contributed by atoms with Gasteiger partial charge in [-0.1, -0.05) is 29.8 Å². The molecule has 0 aromatic heterocycles. The number of aryl methyl sites for hydroxylation is 1. The van der Waals surface area contributed by atoms with Crippen LogP contribution in [0.2, 0.25) is 0 Å². The molecule has 1 aromatic carbocycles. The van der Waals surface area contributed by atoms with Crippen molar-refractivity contribution in [1.29, 1.82) is 0 Å². The Morgan fingerprint density at radius 2 is 2.04 bits per heavy atom. The van der Waals surface area contributed by atoms with Crippen molar-refractivity contribution in [3.05, 3.63) is 35.4 Å². The minimum atomic E-state index is 0.122. The summed E-state index contributed by atoms with van der Waals surface area (Å²) in [5, 5.41) is 3.23. The van der Waals surface area contributed by atoms with E-state index in [1.807, 2.05) is 23.9 Å². The van der Waals surface area contributed by atoms with Gasteiger partial charge in [0.1, 0.15) is 0 Å². The van der Waals surface area contributed by atoms with Crippen molar-refractivity contribution in [2.45, 2.75) is 31.7 Å². The summed E-state index contributed by atoms with van der Waals surface area (Å²) >= 11 is 2.03. The lowest BCUT2D eigenvalue weighted by Crippen LogP contribution is -2.60. The van der Waals surface area contributed by atoms with Crippen molar-refractivity contribution in [3.8, 4) is 0 Å². The van der Waals surface area contributed by atoms with E-state index in [2.05, 4.69) is 29.3 Å². The van der Waals surface area contributed by atoms with Gasteiger partial charge in [0, 0.05) is 25.2 Å². The average Bonchev–Trinajstić information content (AvgIpc) is 2.62. The van der Waals surface area contributed by atoms with Gasteiger partial charge in [0.2, 0.25) is 5.91 Å². The summed E-state index contributed by atoms with van der Waals surface area (Å²) in [5.41, 5.74) is 2.42. The molecule has 5 heteroatoms. The van der Waals surface area contributed by atoms with Gasteiger partial charge < -0.3 is 10.1 Å². The molecule has 2 aliphatic rings. The maximum Gasteiger partial charge on any atom is 0.224 e. The van der Waals surface area contributed by atoms with Crippen LogP contribution in [-0.4, -0.2) is 60.7 Å². The number of amides is 1. The van der Waals surface area contributed by atoms with Gasteiger partial charge in [-0.25, -0.2) is 0 Å². The molecule has 2 aliphatic heterocycles. The molecular formula is C19H28N2O2S. The van der Waals surface area contributed by atoms with Gasteiger partial charge in [0.25, 0.3) is 0 Å². The van der Waals surface area contributed by atoms with Crippen LogP contribution in [0.25, 0.3) is 0 Å². The second-order valence-electron chi connectivity index (χ2n) is 6.88. The Balaban J connectivity index is 1.59. The quantitative estimate of drug-likeness (QED) is 0.886. The topological polar surface area (TPSA) is 41.6 Å². The molecule has 2 fully saturated rings. The zero-order valence-corrected chi connectivity index (χ0v) is 15.4. The van der Waals surface area contributed by atoms with Crippen LogP contribution in [0.3, 0.4) is 0 Å². The first-order valence-corrected chi connectivity index (χ1v) is 10.1. The van der Waals surface area contributed by atoms with E-state index in [0.717, 1.165) is 51.3 Å². The van der Waals surface area contributed by atoms with Gasteiger partial charge in [0.15, 0.2) is 0 Å². The summed E-state index contributed by atoms with van der Waals surface area (Å²) in [6, 6.07) is 8.20. The van der Waals surface area contributed by atoms with Crippen LogP contribution in [0.15, 0.2) is 24.3 Å². The second-order valence-corrected chi connectivity index (χ2v) is 8.10. The number of nitrogens with one attached hydrogen (secondary N) is 1. The third-order valence-electron chi connectivity index (χ3n) is 5.17. The number of hydrogen-bond acceptors (Lipinski definition) is 4. The number of rotatable bonds is 5. The fourth-order valence-corrected chi connectivity index (χ4v) is 4.98. The van der Waals surface area contributed by atoms with E-state index in [1.54, 1.807) is 0 Å². The first-order valence-electron chi connectivity index (χ1n) is 8.91. The summed E-state index contributed by atoms with van der Waals surface area (Å²) in [6.07, 6.45) is 2.78. The number of ether oxygens (including phenoxy) is 1. The molecule has 1 amide bonds. The molecule has 24 heavy (non-hydrogen) atoms. The second kappa shape index (κ2) is 8.37. The third kappa shape index (κ3) is 4.52. The Bertz CT molecular complexity index is 552. The van der Waals surface area contributed by atoms with Crippen LogP contribution in [0, 0.1) is 6.92 Å². The molecule has 0 saturated carbocycles. The Hall–Kier alpha value is -1.04. The number of carbonyl (C=O) groups excluding carboxylic acids is 1. The maximum absolute atomic E-state index is 12.4. The summed E-state index contributed by atoms with van der Waals surface area (Å²) in [5.74, 6) is 2.50. The zero-order chi connectivity index (χ0) is 16.8. The average molecular weight is 349 g/mol. The summed E-state index contributed by atoms with van der Waals surface area (Å²) in [6.45, 7) is 6.42. The molecule has 0 spiro atoms. The lowest BCUT2D eigenvalue weighted by Gasteiger charge is -2.48. The lowest BCUT2D eigenvalue weighted by molar-refractivity contribution is -0.121. The van der Waals surface area contributed by atoms with Gasteiger partial charge in [-0.15, -0.1) is 0 Å². The number of nitrogens with zero attached hydrogens (tertiary/aromatic N) is 1. The number of hydrogen-bond donors (Lipinski definition) is 1. The van der Waals surface area contributed by atoms with E-state index in [1.165, 1.54) is 17.1 Å². The molecule has 0 unspecified atom stereocenters. The van der Waals surface area contributed by atoms with Crippen molar-refractivity contribution in [2.24, 2.45) is 0 Å². The highest BCUT2D eigenvalue weighted by molar-refractivity contribution is 7.99. The highest BCUT2D eigenvalue weighted by Crippen LogP contribution is 2.32. The zero-order valence-electron chi connectivity index (χ0n) is 14.6. The fraction of sp³-hybridized carbons (Fsp3) is 0.632. The molecular weight excluding hydrogens is 320 g/mol. The minimum absolute atomic E-state index is 0.122. The van der Waals surface area contributed by atoms with Crippen LogP contribution in [0.4, 0.5) is 0 Å². The van der Waals surface area contributed by atoms with Gasteiger partial charge in [0.05, 0.1) is 19.6 Å². The van der Waals surface area contributed by atoms with Gasteiger partial charge in [-0.3, -0.25) is 9.69 Å².